The molecule has 0 aliphatic carbocycles. The Morgan fingerprint density at radius 2 is 1.25 bits per heavy atom. The average molecular weight is 388 g/mol. The van der Waals surface area contributed by atoms with Crippen LogP contribution in [0.2, 0.25) is 0 Å². The SMILES string of the molecule is S=c1oc(-c2ccccc2)nn1CN(Cc1ccccc1)Cc1ccccc1. The molecule has 140 valence electrons. The molecule has 3 aromatic carbocycles. The first-order chi connectivity index (χ1) is 13.8. The molecule has 1 heterocycles. The smallest absolute Gasteiger partial charge is 0.288 e. The standard InChI is InChI=1S/C23H21N3OS/c28-23-26(24-22(27-23)21-14-8-3-9-15-21)18-25(16-19-10-4-1-5-11-19)17-20-12-6-2-7-13-20/h1-15H,16-18H2. The highest BCUT2D eigenvalue weighted by Gasteiger charge is 2.13. The normalized spacial score (nSPS) is 11.0. The number of hydrogen-bond acceptors (Lipinski definition) is 4. The molecule has 0 spiro atoms. The van der Waals surface area contributed by atoms with Crippen molar-refractivity contribution in [3.63, 3.8) is 0 Å². The van der Waals surface area contributed by atoms with Gasteiger partial charge in [0.15, 0.2) is 0 Å². The number of benzene rings is 3. The van der Waals surface area contributed by atoms with Crippen molar-refractivity contribution in [2.24, 2.45) is 0 Å². The maximum absolute atomic E-state index is 5.74. The van der Waals surface area contributed by atoms with E-state index in [4.69, 9.17) is 16.6 Å². The third-order valence-corrected chi connectivity index (χ3v) is 4.75. The van der Waals surface area contributed by atoms with Crippen LogP contribution >= 0.6 is 12.2 Å². The summed E-state index contributed by atoms with van der Waals surface area (Å²) in [5.74, 6) is 0.546. The lowest BCUT2D eigenvalue weighted by Crippen LogP contribution is -2.26. The molecule has 0 saturated heterocycles. The summed E-state index contributed by atoms with van der Waals surface area (Å²) in [6.45, 7) is 2.15. The van der Waals surface area contributed by atoms with Gasteiger partial charge in [-0.2, -0.15) is 0 Å². The Labute approximate surface area is 169 Å². The lowest BCUT2D eigenvalue weighted by molar-refractivity contribution is 0.185. The predicted octanol–water partition coefficient (Wildman–Crippen LogP) is 5.53. The fourth-order valence-corrected chi connectivity index (χ4v) is 3.30. The fraction of sp³-hybridized carbons (Fsp3) is 0.130. The van der Waals surface area contributed by atoms with Crippen molar-refractivity contribution < 1.29 is 4.42 Å². The van der Waals surface area contributed by atoms with Crippen LogP contribution < -0.4 is 0 Å². The number of aromatic nitrogens is 2. The lowest BCUT2D eigenvalue weighted by Gasteiger charge is -2.22. The Kier molecular flexibility index (Phi) is 5.75. The first-order valence-corrected chi connectivity index (χ1v) is 9.62. The van der Waals surface area contributed by atoms with E-state index in [9.17, 15) is 0 Å². The zero-order chi connectivity index (χ0) is 19.2. The van der Waals surface area contributed by atoms with Gasteiger partial charge >= 0.3 is 0 Å². The van der Waals surface area contributed by atoms with E-state index in [-0.39, 0.29) is 0 Å². The van der Waals surface area contributed by atoms with Crippen LogP contribution in [0.1, 0.15) is 11.1 Å². The minimum absolute atomic E-state index is 0.380. The summed E-state index contributed by atoms with van der Waals surface area (Å²) in [4.78, 5) is 2.68. The van der Waals surface area contributed by atoms with E-state index >= 15 is 0 Å². The Morgan fingerprint density at radius 1 is 0.750 bits per heavy atom. The van der Waals surface area contributed by atoms with Gasteiger partial charge in [-0.3, -0.25) is 4.90 Å². The van der Waals surface area contributed by atoms with Gasteiger partial charge in [0.2, 0.25) is 5.89 Å². The molecule has 0 atom stereocenters. The van der Waals surface area contributed by atoms with Gasteiger partial charge in [-0.25, -0.2) is 4.68 Å². The van der Waals surface area contributed by atoms with E-state index in [0.717, 1.165) is 18.7 Å². The molecule has 1 aromatic heterocycles. The summed E-state index contributed by atoms with van der Waals surface area (Å²) in [5, 5.41) is 4.61. The summed E-state index contributed by atoms with van der Waals surface area (Å²) in [7, 11) is 0. The second-order valence-electron chi connectivity index (χ2n) is 6.64. The van der Waals surface area contributed by atoms with Gasteiger partial charge in [-0.1, -0.05) is 78.9 Å². The van der Waals surface area contributed by atoms with Crippen molar-refractivity contribution in [1.29, 1.82) is 0 Å². The van der Waals surface area contributed by atoms with E-state index < -0.39 is 0 Å². The van der Waals surface area contributed by atoms with Gasteiger partial charge < -0.3 is 4.42 Å². The third kappa shape index (κ3) is 4.63. The summed E-state index contributed by atoms with van der Waals surface area (Å²) < 4.78 is 7.50. The second kappa shape index (κ2) is 8.78. The molecule has 4 nitrogen and oxygen atoms in total. The van der Waals surface area contributed by atoms with Gasteiger partial charge in [-0.15, -0.1) is 5.10 Å². The van der Waals surface area contributed by atoms with Crippen LogP contribution in [0.3, 0.4) is 0 Å². The molecule has 5 heteroatoms. The Balaban J connectivity index is 1.58. The Hall–Kier alpha value is -3.02. The molecule has 0 fully saturated rings. The van der Waals surface area contributed by atoms with Crippen LogP contribution in [0.15, 0.2) is 95.4 Å². The first kappa shape index (κ1) is 18.3. The quantitative estimate of drug-likeness (QED) is 0.390. The molecule has 0 saturated carbocycles. The zero-order valence-corrected chi connectivity index (χ0v) is 16.3. The average Bonchev–Trinajstić information content (AvgIpc) is 3.10. The molecular formula is C23H21N3OS. The highest BCUT2D eigenvalue weighted by atomic mass is 32.1. The van der Waals surface area contributed by atoms with Gasteiger partial charge in [0.1, 0.15) is 0 Å². The molecule has 0 aliphatic heterocycles. The van der Waals surface area contributed by atoms with Crippen LogP contribution in [0.4, 0.5) is 0 Å². The maximum Gasteiger partial charge on any atom is 0.288 e. The molecule has 28 heavy (non-hydrogen) atoms. The van der Waals surface area contributed by atoms with E-state index in [1.807, 2.05) is 42.5 Å². The fourth-order valence-electron chi connectivity index (χ4n) is 3.12. The van der Waals surface area contributed by atoms with Crippen molar-refractivity contribution in [3.05, 3.63) is 107 Å². The minimum atomic E-state index is 0.380. The Bertz CT molecular complexity index is 1020. The predicted molar refractivity (Wildman–Crippen MR) is 113 cm³/mol. The van der Waals surface area contributed by atoms with Crippen molar-refractivity contribution in [3.8, 4) is 11.5 Å². The van der Waals surface area contributed by atoms with Crippen molar-refractivity contribution >= 4 is 12.2 Å². The van der Waals surface area contributed by atoms with Crippen LogP contribution in [0.5, 0.6) is 0 Å². The van der Waals surface area contributed by atoms with Crippen molar-refractivity contribution in [2.75, 3.05) is 0 Å². The third-order valence-electron chi connectivity index (χ3n) is 4.46. The summed E-state index contributed by atoms with van der Waals surface area (Å²) in [5.41, 5.74) is 3.42. The van der Waals surface area contributed by atoms with Crippen LogP contribution in [-0.2, 0) is 19.8 Å². The summed E-state index contributed by atoms with van der Waals surface area (Å²) in [6, 6.07) is 30.7. The van der Waals surface area contributed by atoms with Gasteiger partial charge in [-0.05, 0) is 35.5 Å². The van der Waals surface area contributed by atoms with Crippen molar-refractivity contribution in [1.82, 2.24) is 14.7 Å². The molecule has 0 aliphatic rings. The summed E-state index contributed by atoms with van der Waals surface area (Å²) in [6.07, 6.45) is 0. The molecular weight excluding hydrogens is 366 g/mol. The van der Waals surface area contributed by atoms with E-state index in [1.165, 1.54) is 11.1 Å². The zero-order valence-electron chi connectivity index (χ0n) is 15.4. The molecule has 4 aromatic rings. The molecule has 0 amide bonds. The Morgan fingerprint density at radius 3 is 1.79 bits per heavy atom. The van der Waals surface area contributed by atoms with E-state index in [1.54, 1.807) is 4.68 Å². The highest BCUT2D eigenvalue weighted by Crippen LogP contribution is 2.18. The van der Waals surface area contributed by atoms with E-state index in [0.29, 0.717) is 17.4 Å². The summed E-state index contributed by atoms with van der Waals surface area (Å²) >= 11 is 5.43. The number of nitrogens with zero attached hydrogens (tertiary/aromatic N) is 3. The maximum atomic E-state index is 5.74. The highest BCUT2D eigenvalue weighted by molar-refractivity contribution is 7.71. The minimum Gasteiger partial charge on any atom is -0.409 e. The first-order valence-electron chi connectivity index (χ1n) is 9.21. The largest absolute Gasteiger partial charge is 0.409 e. The molecule has 0 N–H and O–H groups in total. The monoisotopic (exact) mass is 387 g/mol. The van der Waals surface area contributed by atoms with Crippen molar-refractivity contribution in [2.45, 2.75) is 19.8 Å². The van der Waals surface area contributed by atoms with Crippen LogP contribution in [0, 0.1) is 4.84 Å². The number of rotatable bonds is 7. The molecule has 0 unspecified atom stereocenters. The van der Waals surface area contributed by atoms with Crippen LogP contribution in [0.25, 0.3) is 11.5 Å². The van der Waals surface area contributed by atoms with Gasteiger partial charge in [0, 0.05) is 18.7 Å². The number of hydrogen-bond donors (Lipinski definition) is 0. The van der Waals surface area contributed by atoms with E-state index in [2.05, 4.69) is 58.5 Å². The van der Waals surface area contributed by atoms with Gasteiger partial charge in [0.25, 0.3) is 4.84 Å². The second-order valence-corrected chi connectivity index (χ2v) is 6.99. The van der Waals surface area contributed by atoms with Gasteiger partial charge in [0.05, 0.1) is 6.67 Å². The molecule has 0 bridgehead atoms. The molecule has 0 radical (unpaired) electrons. The topological polar surface area (TPSA) is 34.2 Å². The molecule has 4 rings (SSSR count). The lowest BCUT2D eigenvalue weighted by atomic mass is 10.2. The van der Waals surface area contributed by atoms with Crippen LogP contribution in [-0.4, -0.2) is 14.7 Å².